The Hall–Kier alpha value is -1.36. The van der Waals surface area contributed by atoms with Gasteiger partial charge in [0, 0.05) is 11.6 Å². The maximum Gasteiger partial charge on any atom is 0.276 e. The van der Waals surface area contributed by atoms with E-state index in [0.717, 1.165) is 23.1 Å². The molecule has 0 radical (unpaired) electrons. The van der Waals surface area contributed by atoms with E-state index in [0.29, 0.717) is 17.8 Å². The highest BCUT2D eigenvalue weighted by molar-refractivity contribution is 7.89. The van der Waals surface area contributed by atoms with Crippen molar-refractivity contribution in [2.45, 2.75) is 50.8 Å². The largest absolute Gasteiger partial charge is 0.276 e. The molecule has 0 amide bonds. The second-order valence-electron chi connectivity index (χ2n) is 7.84. The van der Waals surface area contributed by atoms with Gasteiger partial charge < -0.3 is 0 Å². The van der Waals surface area contributed by atoms with Crippen molar-refractivity contribution in [1.82, 2.24) is 4.83 Å². The van der Waals surface area contributed by atoms with Crippen LogP contribution in [0.5, 0.6) is 0 Å². The number of hydrazone groups is 1. The zero-order chi connectivity index (χ0) is 16.9. The summed E-state index contributed by atoms with van der Waals surface area (Å²) in [6.07, 6.45) is 6.45. The van der Waals surface area contributed by atoms with Gasteiger partial charge in [-0.25, -0.2) is 4.83 Å². The van der Waals surface area contributed by atoms with Crippen molar-refractivity contribution in [2.24, 2.45) is 34.7 Å². The van der Waals surface area contributed by atoms with E-state index < -0.39 is 10.0 Å². The van der Waals surface area contributed by atoms with E-state index >= 15 is 0 Å². The van der Waals surface area contributed by atoms with Gasteiger partial charge >= 0.3 is 0 Å². The first-order valence-corrected chi connectivity index (χ1v) is 10.6. The van der Waals surface area contributed by atoms with E-state index in [9.17, 15) is 8.42 Å². The third kappa shape index (κ3) is 2.57. The van der Waals surface area contributed by atoms with Crippen molar-refractivity contribution in [3.05, 3.63) is 29.8 Å². The number of benzene rings is 1. The van der Waals surface area contributed by atoms with Crippen LogP contribution < -0.4 is 4.83 Å². The van der Waals surface area contributed by atoms with E-state index in [1.165, 1.54) is 32.1 Å². The van der Waals surface area contributed by atoms with Crippen molar-refractivity contribution in [3.63, 3.8) is 0 Å². The highest BCUT2D eigenvalue weighted by atomic mass is 32.2. The molecule has 4 aliphatic carbocycles. The minimum atomic E-state index is -3.58. The number of rotatable bonds is 3. The Kier molecular flexibility index (Phi) is 3.94. The molecule has 5 rings (SSSR count). The Bertz CT molecular complexity index is 754. The first-order chi connectivity index (χ1) is 11.5. The molecule has 130 valence electrons. The van der Waals surface area contributed by atoms with Crippen LogP contribution >= 0.6 is 0 Å². The van der Waals surface area contributed by atoms with E-state index in [1.54, 1.807) is 12.1 Å². The van der Waals surface area contributed by atoms with Gasteiger partial charge in [0.25, 0.3) is 10.0 Å². The van der Waals surface area contributed by atoms with Gasteiger partial charge in [0.15, 0.2) is 0 Å². The zero-order valence-electron chi connectivity index (χ0n) is 14.4. The molecule has 0 aliphatic heterocycles. The molecular formula is C19H26N2O2S. The number of fused-ring (bicyclic) bond motifs is 2. The number of nitrogens with zero attached hydrogens (tertiary/aromatic N) is 1. The fraction of sp³-hybridized carbons (Fsp3) is 0.632. The third-order valence-corrected chi connectivity index (χ3v) is 7.84. The summed E-state index contributed by atoms with van der Waals surface area (Å²) in [5.41, 5.74) is 2.15. The quantitative estimate of drug-likeness (QED) is 0.848. The molecule has 5 atom stereocenters. The van der Waals surface area contributed by atoms with Crippen molar-refractivity contribution in [2.75, 3.05) is 0 Å². The lowest BCUT2D eigenvalue weighted by molar-refractivity contribution is 0.0910. The van der Waals surface area contributed by atoms with Gasteiger partial charge in [-0.15, -0.1) is 0 Å². The van der Waals surface area contributed by atoms with Gasteiger partial charge in [-0.05, 0) is 68.4 Å². The summed E-state index contributed by atoms with van der Waals surface area (Å²) < 4.78 is 25.0. The predicted molar refractivity (Wildman–Crippen MR) is 95.1 cm³/mol. The van der Waals surface area contributed by atoms with Crippen molar-refractivity contribution in [1.29, 1.82) is 0 Å². The summed E-state index contributed by atoms with van der Waals surface area (Å²) in [5.74, 6) is 3.18. The highest BCUT2D eigenvalue weighted by Crippen LogP contribution is 2.56. The molecule has 0 heterocycles. The molecule has 0 saturated heterocycles. The van der Waals surface area contributed by atoms with Crippen LogP contribution in [0.25, 0.3) is 0 Å². The SMILES string of the molecule is Cc1ccc(S(=O)(=O)N/N=C2\C(C)[C@@H]3CC[C@H]2C2CCCC23)cc1. The van der Waals surface area contributed by atoms with Crippen LogP contribution in [-0.2, 0) is 10.0 Å². The minimum absolute atomic E-state index is 0.282. The second kappa shape index (κ2) is 5.87. The lowest BCUT2D eigenvalue weighted by Crippen LogP contribution is -2.49. The smallest absolute Gasteiger partial charge is 0.200 e. The van der Waals surface area contributed by atoms with Gasteiger partial charge in [0.05, 0.1) is 4.90 Å². The van der Waals surface area contributed by atoms with Gasteiger partial charge in [-0.1, -0.05) is 31.0 Å². The molecule has 2 bridgehead atoms. The Balaban J connectivity index is 1.58. The molecule has 0 spiro atoms. The lowest BCUT2D eigenvalue weighted by atomic mass is 9.55. The molecule has 1 aromatic carbocycles. The van der Waals surface area contributed by atoms with Gasteiger partial charge in [-0.2, -0.15) is 13.5 Å². The number of aryl methyl sites for hydroxylation is 1. The number of nitrogens with one attached hydrogen (secondary N) is 1. The highest BCUT2D eigenvalue weighted by Gasteiger charge is 2.52. The van der Waals surface area contributed by atoms with Crippen molar-refractivity contribution < 1.29 is 8.42 Å². The summed E-state index contributed by atoms with van der Waals surface area (Å²) in [4.78, 5) is 2.80. The Morgan fingerprint density at radius 3 is 2.46 bits per heavy atom. The fourth-order valence-corrected chi connectivity index (χ4v) is 6.29. The molecular weight excluding hydrogens is 320 g/mol. The minimum Gasteiger partial charge on any atom is -0.200 e. The molecule has 4 aliphatic rings. The molecule has 4 saturated carbocycles. The molecule has 3 unspecified atom stereocenters. The van der Waals surface area contributed by atoms with Crippen LogP contribution in [0.2, 0.25) is 0 Å². The molecule has 24 heavy (non-hydrogen) atoms. The van der Waals surface area contributed by atoms with E-state index in [2.05, 4.69) is 16.9 Å². The molecule has 4 fully saturated rings. The first-order valence-electron chi connectivity index (χ1n) is 9.13. The van der Waals surface area contributed by atoms with Crippen LogP contribution in [0.4, 0.5) is 0 Å². The Morgan fingerprint density at radius 1 is 1.00 bits per heavy atom. The standard InChI is InChI=1S/C19H26N2O2S/c1-12-6-8-14(9-7-12)24(22,23)21-20-19-13(2)15-10-11-18(19)17-5-3-4-16(15)17/h6-9,13,15-18,21H,3-5,10-11H2,1-2H3/b20-19+/t13?,15-,16?,17?,18-/m0/s1. The van der Waals surface area contributed by atoms with Crippen LogP contribution in [0.15, 0.2) is 34.3 Å². The fourth-order valence-electron chi connectivity index (χ4n) is 5.46. The molecule has 4 nitrogen and oxygen atoms in total. The normalized spacial score (nSPS) is 36.8. The summed E-state index contributed by atoms with van der Waals surface area (Å²) in [7, 11) is -3.58. The van der Waals surface area contributed by atoms with Crippen LogP contribution in [0, 0.1) is 36.5 Å². The summed E-state index contributed by atoms with van der Waals surface area (Å²) in [6, 6.07) is 6.91. The maximum atomic E-state index is 12.5. The lowest BCUT2D eigenvalue weighted by Gasteiger charge is -2.50. The Morgan fingerprint density at radius 2 is 1.71 bits per heavy atom. The van der Waals surface area contributed by atoms with Crippen molar-refractivity contribution >= 4 is 15.7 Å². The Labute approximate surface area is 144 Å². The first kappa shape index (κ1) is 16.1. The average Bonchev–Trinajstić information content (AvgIpc) is 3.05. The number of hydrogen-bond donors (Lipinski definition) is 1. The van der Waals surface area contributed by atoms with Crippen LogP contribution in [-0.4, -0.2) is 14.1 Å². The van der Waals surface area contributed by atoms with E-state index in [-0.39, 0.29) is 4.90 Å². The van der Waals surface area contributed by atoms with Gasteiger partial charge in [0.2, 0.25) is 0 Å². The second-order valence-corrected chi connectivity index (χ2v) is 9.50. The summed E-state index contributed by atoms with van der Waals surface area (Å²) >= 11 is 0. The third-order valence-electron chi connectivity index (χ3n) is 6.62. The maximum absolute atomic E-state index is 12.5. The molecule has 1 N–H and O–H groups in total. The van der Waals surface area contributed by atoms with E-state index in [1.807, 2.05) is 19.1 Å². The van der Waals surface area contributed by atoms with Crippen molar-refractivity contribution in [3.8, 4) is 0 Å². The molecule has 0 aromatic heterocycles. The predicted octanol–water partition coefficient (Wildman–Crippen LogP) is 3.72. The van der Waals surface area contributed by atoms with Crippen LogP contribution in [0.3, 0.4) is 0 Å². The van der Waals surface area contributed by atoms with E-state index in [4.69, 9.17) is 0 Å². The molecule has 1 aromatic rings. The topological polar surface area (TPSA) is 58.5 Å². The number of sulfonamides is 1. The van der Waals surface area contributed by atoms with Crippen LogP contribution in [0.1, 0.15) is 44.6 Å². The number of hydrogen-bond acceptors (Lipinski definition) is 3. The summed E-state index contributed by atoms with van der Waals surface area (Å²) in [6.45, 7) is 4.19. The molecule has 5 heteroatoms. The summed E-state index contributed by atoms with van der Waals surface area (Å²) in [5, 5.41) is 4.46. The van der Waals surface area contributed by atoms with Gasteiger partial charge in [0.1, 0.15) is 0 Å². The van der Waals surface area contributed by atoms with Gasteiger partial charge in [-0.3, -0.25) is 0 Å². The average molecular weight is 346 g/mol. The monoisotopic (exact) mass is 346 g/mol. The zero-order valence-corrected chi connectivity index (χ0v) is 15.2.